The van der Waals surface area contributed by atoms with Gasteiger partial charge >= 0.3 is 0 Å². The van der Waals surface area contributed by atoms with E-state index in [1.54, 1.807) is 0 Å². The van der Waals surface area contributed by atoms with Crippen molar-refractivity contribution in [3.63, 3.8) is 0 Å². The van der Waals surface area contributed by atoms with Gasteiger partial charge in [0.05, 0.1) is 23.0 Å². The molecule has 5 nitrogen and oxygen atoms in total. The van der Waals surface area contributed by atoms with Gasteiger partial charge in [0, 0.05) is 6.54 Å². The lowest BCUT2D eigenvalue weighted by molar-refractivity contribution is -0.125. The molecule has 3 rings (SSSR count). The number of H-pyrrole nitrogens is 1. The van der Waals surface area contributed by atoms with Crippen LogP contribution in [0.2, 0.25) is 0 Å². The second-order valence-electron chi connectivity index (χ2n) is 6.06. The summed E-state index contributed by atoms with van der Waals surface area (Å²) in [6.07, 6.45) is 0.913. The minimum atomic E-state index is -0.0782. The fraction of sp³-hybridized carbons (Fsp3) is 0.500. The molecule has 1 fully saturated rings. The molecule has 0 radical (unpaired) electrons. The van der Waals surface area contributed by atoms with E-state index in [4.69, 9.17) is 0 Å². The number of benzene rings is 1. The standard InChI is InChI=1S/C16H22N4O/c1-10(2)14(20-16(21)11-7-8-17-9-11)15-18-12-5-3-4-6-13(12)19-15/h3-6,10-11,14,17H,7-9H2,1-2H3,(H,18,19)(H,20,21). The molecule has 1 saturated heterocycles. The van der Waals surface area contributed by atoms with E-state index in [1.807, 2.05) is 24.3 Å². The van der Waals surface area contributed by atoms with Gasteiger partial charge in [-0.1, -0.05) is 26.0 Å². The maximum absolute atomic E-state index is 12.4. The van der Waals surface area contributed by atoms with Crippen LogP contribution in [-0.2, 0) is 4.79 Å². The van der Waals surface area contributed by atoms with Crippen molar-refractivity contribution in [3.05, 3.63) is 30.1 Å². The van der Waals surface area contributed by atoms with Gasteiger partial charge in [0.2, 0.25) is 5.91 Å². The Labute approximate surface area is 124 Å². The van der Waals surface area contributed by atoms with Crippen molar-refractivity contribution in [2.75, 3.05) is 13.1 Å². The average molecular weight is 286 g/mol. The molecule has 5 heteroatoms. The Balaban J connectivity index is 1.81. The van der Waals surface area contributed by atoms with E-state index in [0.717, 1.165) is 36.4 Å². The number of nitrogens with one attached hydrogen (secondary N) is 3. The van der Waals surface area contributed by atoms with Crippen molar-refractivity contribution >= 4 is 16.9 Å². The number of nitrogens with zero attached hydrogens (tertiary/aromatic N) is 1. The fourth-order valence-electron chi connectivity index (χ4n) is 2.82. The minimum Gasteiger partial charge on any atom is -0.346 e. The first-order chi connectivity index (χ1) is 10.1. The van der Waals surface area contributed by atoms with Crippen LogP contribution in [0.4, 0.5) is 0 Å². The first-order valence-electron chi connectivity index (χ1n) is 7.61. The fourth-order valence-corrected chi connectivity index (χ4v) is 2.82. The van der Waals surface area contributed by atoms with Gasteiger partial charge in [0.1, 0.15) is 5.82 Å². The van der Waals surface area contributed by atoms with E-state index in [-0.39, 0.29) is 23.8 Å². The molecule has 2 atom stereocenters. The average Bonchev–Trinajstić information content (AvgIpc) is 3.12. The van der Waals surface area contributed by atoms with Gasteiger partial charge in [-0.25, -0.2) is 4.98 Å². The van der Waals surface area contributed by atoms with Gasteiger partial charge in [-0.3, -0.25) is 4.79 Å². The smallest absolute Gasteiger partial charge is 0.225 e. The Kier molecular flexibility index (Phi) is 3.92. The van der Waals surface area contributed by atoms with Crippen LogP contribution in [0.5, 0.6) is 0 Å². The molecule has 0 aliphatic carbocycles. The Morgan fingerprint density at radius 3 is 2.86 bits per heavy atom. The van der Waals surface area contributed by atoms with E-state index in [0.29, 0.717) is 0 Å². The maximum Gasteiger partial charge on any atom is 0.225 e. The monoisotopic (exact) mass is 286 g/mol. The molecule has 1 aliphatic heterocycles. The van der Waals surface area contributed by atoms with E-state index in [2.05, 4.69) is 34.4 Å². The Bertz CT molecular complexity index is 595. The van der Waals surface area contributed by atoms with E-state index >= 15 is 0 Å². The number of hydrogen-bond donors (Lipinski definition) is 3. The number of aromatic amines is 1. The summed E-state index contributed by atoms with van der Waals surface area (Å²) in [5.74, 6) is 1.32. The summed E-state index contributed by atoms with van der Waals surface area (Å²) < 4.78 is 0. The van der Waals surface area contributed by atoms with Gasteiger partial charge in [-0.15, -0.1) is 0 Å². The van der Waals surface area contributed by atoms with Gasteiger partial charge in [-0.05, 0) is 31.0 Å². The number of para-hydroxylation sites is 2. The van der Waals surface area contributed by atoms with Crippen LogP contribution in [0.25, 0.3) is 11.0 Å². The van der Waals surface area contributed by atoms with Crippen molar-refractivity contribution in [2.45, 2.75) is 26.3 Å². The predicted octanol–water partition coefficient (Wildman–Crippen LogP) is 1.99. The van der Waals surface area contributed by atoms with Crippen LogP contribution >= 0.6 is 0 Å². The largest absolute Gasteiger partial charge is 0.346 e. The van der Waals surface area contributed by atoms with Crippen LogP contribution in [0.1, 0.15) is 32.1 Å². The molecule has 21 heavy (non-hydrogen) atoms. The van der Waals surface area contributed by atoms with Gasteiger partial charge in [0.15, 0.2) is 0 Å². The van der Waals surface area contributed by atoms with Crippen LogP contribution in [0.15, 0.2) is 24.3 Å². The molecule has 3 N–H and O–H groups in total. The Hall–Kier alpha value is -1.88. The number of hydrogen-bond acceptors (Lipinski definition) is 3. The zero-order chi connectivity index (χ0) is 14.8. The molecule has 0 bridgehead atoms. The summed E-state index contributed by atoms with van der Waals surface area (Å²) in [5.41, 5.74) is 1.95. The number of aromatic nitrogens is 2. The zero-order valence-corrected chi connectivity index (χ0v) is 12.5. The summed E-state index contributed by atoms with van der Waals surface area (Å²) in [6, 6.07) is 7.87. The molecule has 1 amide bonds. The summed E-state index contributed by atoms with van der Waals surface area (Å²) in [4.78, 5) is 20.3. The van der Waals surface area contributed by atoms with Crippen molar-refractivity contribution in [1.82, 2.24) is 20.6 Å². The zero-order valence-electron chi connectivity index (χ0n) is 12.5. The highest BCUT2D eigenvalue weighted by molar-refractivity contribution is 5.80. The normalized spacial score (nSPS) is 20.0. The number of amides is 1. The summed E-state index contributed by atoms with van der Waals surface area (Å²) in [6.45, 7) is 5.90. The Morgan fingerprint density at radius 2 is 2.19 bits per heavy atom. The highest BCUT2D eigenvalue weighted by Crippen LogP contribution is 2.23. The lowest BCUT2D eigenvalue weighted by atomic mass is 10.0. The lowest BCUT2D eigenvalue weighted by Gasteiger charge is -2.22. The molecule has 1 aromatic carbocycles. The topological polar surface area (TPSA) is 69.8 Å². The molecule has 2 unspecified atom stereocenters. The Morgan fingerprint density at radius 1 is 1.38 bits per heavy atom. The highest BCUT2D eigenvalue weighted by atomic mass is 16.2. The molecule has 1 aliphatic rings. The summed E-state index contributed by atoms with van der Waals surface area (Å²) in [7, 11) is 0. The quantitative estimate of drug-likeness (QED) is 0.805. The highest BCUT2D eigenvalue weighted by Gasteiger charge is 2.27. The summed E-state index contributed by atoms with van der Waals surface area (Å²) >= 11 is 0. The summed E-state index contributed by atoms with van der Waals surface area (Å²) in [5, 5.41) is 6.40. The van der Waals surface area contributed by atoms with Gasteiger partial charge < -0.3 is 15.6 Å². The number of carbonyl (C=O) groups excluding carboxylic acids is 1. The number of rotatable bonds is 4. The van der Waals surface area contributed by atoms with Crippen LogP contribution in [0, 0.1) is 11.8 Å². The van der Waals surface area contributed by atoms with Crippen molar-refractivity contribution in [2.24, 2.45) is 11.8 Å². The van der Waals surface area contributed by atoms with E-state index < -0.39 is 0 Å². The first kappa shape index (κ1) is 14.1. The number of imidazole rings is 1. The first-order valence-corrected chi connectivity index (χ1v) is 7.61. The minimum absolute atomic E-state index is 0.0782. The van der Waals surface area contributed by atoms with Gasteiger partial charge in [0.25, 0.3) is 0 Å². The van der Waals surface area contributed by atoms with Crippen LogP contribution < -0.4 is 10.6 Å². The third-order valence-electron chi connectivity index (χ3n) is 4.10. The van der Waals surface area contributed by atoms with E-state index in [1.165, 1.54) is 0 Å². The molecular formula is C16H22N4O. The molecule has 112 valence electrons. The van der Waals surface area contributed by atoms with Crippen LogP contribution in [0.3, 0.4) is 0 Å². The molecule has 1 aromatic heterocycles. The van der Waals surface area contributed by atoms with Crippen molar-refractivity contribution in [3.8, 4) is 0 Å². The SMILES string of the molecule is CC(C)C(NC(=O)C1CCNC1)c1nc2ccccc2[nH]1. The molecule has 0 saturated carbocycles. The van der Waals surface area contributed by atoms with Gasteiger partial charge in [-0.2, -0.15) is 0 Å². The molecule has 2 aromatic rings. The number of carbonyl (C=O) groups is 1. The predicted molar refractivity (Wildman–Crippen MR) is 82.8 cm³/mol. The van der Waals surface area contributed by atoms with Crippen molar-refractivity contribution < 1.29 is 4.79 Å². The lowest BCUT2D eigenvalue weighted by Crippen LogP contribution is -2.37. The number of fused-ring (bicyclic) bond motifs is 1. The molecule has 2 heterocycles. The third kappa shape index (κ3) is 2.93. The molecule has 0 spiro atoms. The van der Waals surface area contributed by atoms with E-state index in [9.17, 15) is 4.79 Å². The second kappa shape index (κ2) is 5.85. The molecular weight excluding hydrogens is 264 g/mol. The third-order valence-corrected chi connectivity index (χ3v) is 4.10. The second-order valence-corrected chi connectivity index (χ2v) is 6.06. The maximum atomic E-state index is 12.4. The van der Waals surface area contributed by atoms with Crippen molar-refractivity contribution in [1.29, 1.82) is 0 Å². The van der Waals surface area contributed by atoms with Crippen LogP contribution in [-0.4, -0.2) is 29.0 Å².